The first-order valence-corrected chi connectivity index (χ1v) is 5.48. The maximum Gasteiger partial charge on any atom is 0.220 e. The molecule has 2 aromatic rings. The maximum absolute atomic E-state index is 12.7. The summed E-state index contributed by atoms with van der Waals surface area (Å²) in [7, 11) is 1.87. The van der Waals surface area contributed by atoms with Crippen LogP contribution < -0.4 is 5.32 Å². The van der Waals surface area contributed by atoms with Gasteiger partial charge in [0, 0.05) is 13.0 Å². The van der Waals surface area contributed by atoms with Gasteiger partial charge in [-0.15, -0.1) is 10.2 Å². The van der Waals surface area contributed by atoms with E-state index in [0.717, 1.165) is 12.1 Å². The van der Waals surface area contributed by atoms with Gasteiger partial charge in [0.25, 0.3) is 0 Å². The average molecular weight is 235 g/mol. The van der Waals surface area contributed by atoms with Crippen molar-refractivity contribution in [2.75, 3.05) is 13.6 Å². The Labute approximate surface area is 98.9 Å². The van der Waals surface area contributed by atoms with Crippen LogP contribution in [0.3, 0.4) is 0 Å². The van der Waals surface area contributed by atoms with Crippen molar-refractivity contribution in [2.24, 2.45) is 0 Å². The van der Waals surface area contributed by atoms with Crippen LogP contribution in [0.1, 0.15) is 17.3 Å². The van der Waals surface area contributed by atoms with E-state index in [0.29, 0.717) is 24.6 Å². The van der Waals surface area contributed by atoms with Crippen molar-refractivity contribution >= 4 is 0 Å². The number of hydrogen-bond donors (Lipinski definition) is 1. The second-order valence-electron chi connectivity index (χ2n) is 3.75. The van der Waals surface area contributed by atoms with Gasteiger partial charge in [0.05, 0.1) is 6.42 Å². The quantitative estimate of drug-likeness (QED) is 0.854. The molecule has 0 bridgehead atoms. The zero-order chi connectivity index (χ0) is 12.1. The summed E-state index contributed by atoms with van der Waals surface area (Å²) in [4.78, 5) is 0. The van der Waals surface area contributed by atoms with E-state index in [1.54, 1.807) is 12.1 Å². The third-order valence-electron chi connectivity index (χ3n) is 2.37. The second-order valence-corrected chi connectivity index (χ2v) is 3.75. The van der Waals surface area contributed by atoms with Crippen LogP contribution in [0.5, 0.6) is 0 Å². The fourth-order valence-corrected chi connectivity index (χ4v) is 1.47. The number of likely N-dealkylation sites (N-methyl/N-ethyl adjacent to an activating group) is 1. The normalized spacial score (nSPS) is 10.7. The van der Waals surface area contributed by atoms with Crippen LogP contribution in [0, 0.1) is 5.82 Å². The van der Waals surface area contributed by atoms with Crippen molar-refractivity contribution in [2.45, 2.75) is 12.8 Å². The summed E-state index contributed by atoms with van der Waals surface area (Å²) in [6.07, 6.45) is 1.25. The Hall–Kier alpha value is -1.75. The molecule has 0 spiro atoms. The molecule has 0 saturated carbocycles. The lowest BCUT2D eigenvalue weighted by molar-refractivity contribution is 0.454. The Morgan fingerprint density at radius 1 is 1.18 bits per heavy atom. The summed E-state index contributed by atoms with van der Waals surface area (Å²) in [6, 6.07) is 6.28. The van der Waals surface area contributed by atoms with E-state index >= 15 is 0 Å². The first-order valence-electron chi connectivity index (χ1n) is 5.48. The van der Waals surface area contributed by atoms with Gasteiger partial charge in [-0.25, -0.2) is 4.39 Å². The minimum absolute atomic E-state index is 0.242. The molecule has 0 amide bonds. The van der Waals surface area contributed by atoms with E-state index in [9.17, 15) is 4.39 Å². The molecular formula is C12H14FN3O. The molecule has 1 heterocycles. The number of halogens is 1. The van der Waals surface area contributed by atoms with Crippen molar-refractivity contribution in [3.63, 3.8) is 0 Å². The SMILES string of the molecule is CNCCc1nnc(Cc2ccc(F)cc2)o1. The lowest BCUT2D eigenvalue weighted by Gasteiger charge is -1.96. The molecule has 90 valence electrons. The highest BCUT2D eigenvalue weighted by Crippen LogP contribution is 2.09. The Morgan fingerprint density at radius 2 is 1.88 bits per heavy atom. The van der Waals surface area contributed by atoms with Crippen LogP contribution in [-0.4, -0.2) is 23.8 Å². The molecule has 1 aromatic carbocycles. The first-order chi connectivity index (χ1) is 8.28. The van der Waals surface area contributed by atoms with Crippen molar-refractivity contribution in [1.82, 2.24) is 15.5 Å². The molecule has 5 heteroatoms. The summed E-state index contributed by atoms with van der Waals surface area (Å²) in [5, 5.41) is 10.9. The fourth-order valence-electron chi connectivity index (χ4n) is 1.47. The summed E-state index contributed by atoms with van der Waals surface area (Å²) in [5.41, 5.74) is 0.954. The maximum atomic E-state index is 12.7. The molecule has 1 aromatic heterocycles. The van der Waals surface area contributed by atoms with Gasteiger partial charge in [-0.3, -0.25) is 0 Å². The molecule has 17 heavy (non-hydrogen) atoms. The summed E-state index contributed by atoms with van der Waals surface area (Å²) in [5.74, 6) is 0.938. The molecule has 0 aliphatic heterocycles. The summed E-state index contributed by atoms with van der Waals surface area (Å²) in [6.45, 7) is 0.804. The van der Waals surface area contributed by atoms with Crippen LogP contribution in [0.25, 0.3) is 0 Å². The topological polar surface area (TPSA) is 51.0 Å². The third kappa shape index (κ3) is 3.35. The lowest BCUT2D eigenvalue weighted by Crippen LogP contribution is -2.10. The van der Waals surface area contributed by atoms with E-state index in [-0.39, 0.29) is 5.82 Å². The summed E-state index contributed by atoms with van der Waals surface area (Å²) >= 11 is 0. The van der Waals surface area contributed by atoms with Crippen LogP contribution in [0.4, 0.5) is 4.39 Å². The standard InChI is InChI=1S/C12H14FN3O/c1-14-7-6-11-15-16-12(17-11)8-9-2-4-10(13)5-3-9/h2-5,14H,6-8H2,1H3. The smallest absolute Gasteiger partial charge is 0.220 e. The van der Waals surface area contributed by atoms with Crippen molar-refractivity contribution < 1.29 is 8.81 Å². The number of nitrogens with zero attached hydrogens (tertiary/aromatic N) is 2. The van der Waals surface area contributed by atoms with Gasteiger partial charge in [0.1, 0.15) is 5.82 Å². The van der Waals surface area contributed by atoms with Crippen LogP contribution >= 0.6 is 0 Å². The van der Waals surface area contributed by atoms with Crippen molar-refractivity contribution in [3.05, 3.63) is 47.4 Å². The van der Waals surface area contributed by atoms with E-state index < -0.39 is 0 Å². The van der Waals surface area contributed by atoms with E-state index in [1.807, 2.05) is 7.05 Å². The number of nitrogens with one attached hydrogen (secondary N) is 1. The minimum atomic E-state index is -0.242. The Bertz CT molecular complexity index is 467. The van der Waals surface area contributed by atoms with Crippen LogP contribution in [0.15, 0.2) is 28.7 Å². The van der Waals surface area contributed by atoms with Gasteiger partial charge in [0.2, 0.25) is 11.8 Å². The molecule has 2 rings (SSSR count). The molecule has 4 nitrogen and oxygen atoms in total. The van der Waals surface area contributed by atoms with Gasteiger partial charge >= 0.3 is 0 Å². The average Bonchev–Trinajstić information content (AvgIpc) is 2.77. The van der Waals surface area contributed by atoms with Gasteiger partial charge in [-0.1, -0.05) is 12.1 Å². The molecule has 0 atom stereocenters. The molecule has 1 N–H and O–H groups in total. The summed E-state index contributed by atoms with van der Waals surface area (Å²) < 4.78 is 18.2. The zero-order valence-electron chi connectivity index (χ0n) is 9.61. The third-order valence-corrected chi connectivity index (χ3v) is 2.37. The predicted molar refractivity (Wildman–Crippen MR) is 61.1 cm³/mol. The number of rotatable bonds is 5. The monoisotopic (exact) mass is 235 g/mol. The van der Waals surface area contributed by atoms with Gasteiger partial charge in [-0.2, -0.15) is 0 Å². The molecule has 0 aliphatic rings. The highest BCUT2D eigenvalue weighted by molar-refractivity contribution is 5.18. The van der Waals surface area contributed by atoms with Crippen LogP contribution in [0.2, 0.25) is 0 Å². The number of benzene rings is 1. The van der Waals surface area contributed by atoms with Gasteiger partial charge in [0.15, 0.2) is 0 Å². The number of hydrogen-bond acceptors (Lipinski definition) is 4. The molecule has 0 unspecified atom stereocenters. The Morgan fingerprint density at radius 3 is 2.59 bits per heavy atom. The minimum Gasteiger partial charge on any atom is -0.425 e. The number of aromatic nitrogens is 2. The highest BCUT2D eigenvalue weighted by atomic mass is 19.1. The molecule has 0 fully saturated rings. The largest absolute Gasteiger partial charge is 0.425 e. The molecule has 0 saturated heterocycles. The Kier molecular flexibility index (Phi) is 3.82. The first kappa shape index (κ1) is 11.7. The predicted octanol–water partition coefficient (Wildman–Crippen LogP) is 1.56. The van der Waals surface area contributed by atoms with Crippen molar-refractivity contribution in [1.29, 1.82) is 0 Å². The second kappa shape index (κ2) is 5.54. The zero-order valence-corrected chi connectivity index (χ0v) is 9.61. The fraction of sp³-hybridized carbons (Fsp3) is 0.333. The molecular weight excluding hydrogens is 221 g/mol. The van der Waals surface area contributed by atoms with Crippen molar-refractivity contribution in [3.8, 4) is 0 Å². The highest BCUT2D eigenvalue weighted by Gasteiger charge is 2.06. The van der Waals surface area contributed by atoms with E-state index in [4.69, 9.17) is 4.42 Å². The van der Waals surface area contributed by atoms with Gasteiger partial charge < -0.3 is 9.73 Å². The van der Waals surface area contributed by atoms with E-state index in [1.165, 1.54) is 12.1 Å². The van der Waals surface area contributed by atoms with Gasteiger partial charge in [-0.05, 0) is 24.7 Å². The Balaban J connectivity index is 1.98. The van der Waals surface area contributed by atoms with Crippen LogP contribution in [-0.2, 0) is 12.8 Å². The molecule has 0 aliphatic carbocycles. The molecule has 0 radical (unpaired) electrons. The lowest BCUT2D eigenvalue weighted by atomic mass is 10.1. The van der Waals surface area contributed by atoms with E-state index in [2.05, 4.69) is 15.5 Å².